The van der Waals surface area contributed by atoms with Gasteiger partial charge in [0.05, 0.1) is 11.3 Å². The highest BCUT2D eigenvalue weighted by Gasteiger charge is 2.20. The molecule has 3 rings (SSSR count). The van der Waals surface area contributed by atoms with Crippen LogP contribution in [-0.2, 0) is 4.79 Å². The number of hydrogen-bond donors (Lipinski definition) is 2. The van der Waals surface area contributed by atoms with Crippen LogP contribution in [0.2, 0.25) is 0 Å². The van der Waals surface area contributed by atoms with Gasteiger partial charge in [-0.15, -0.1) is 5.10 Å². The lowest BCUT2D eigenvalue weighted by atomic mass is 10.2. The van der Waals surface area contributed by atoms with Gasteiger partial charge < -0.3 is 5.32 Å². The molecule has 26 heavy (non-hydrogen) atoms. The Morgan fingerprint density at radius 2 is 2.04 bits per heavy atom. The number of carbonyl (C=O) groups excluding carboxylic acids is 1. The zero-order valence-electron chi connectivity index (χ0n) is 14.7. The Morgan fingerprint density at radius 3 is 2.65 bits per heavy atom. The smallest absolute Gasteiger partial charge is 0.236 e. The first-order chi connectivity index (χ1) is 12.5. The molecule has 2 aromatic heterocycles. The summed E-state index contributed by atoms with van der Waals surface area (Å²) in [5, 5.41) is 19.7. The van der Waals surface area contributed by atoms with E-state index in [4.69, 9.17) is 0 Å². The standard InChI is InChI=1S/C18H18N6OS/c1-11-12(2)24(14-7-5-4-6-8-14)17(15(11)9-19)21-16(25)10-26-18-20-13(3)22-23-18/h4-8H,10H2,1-3H3,(H,21,25)(H,20,22,23). The minimum atomic E-state index is -0.219. The molecule has 0 unspecified atom stereocenters. The number of aromatic nitrogens is 4. The van der Waals surface area contributed by atoms with Crippen molar-refractivity contribution in [3.63, 3.8) is 0 Å². The number of rotatable bonds is 5. The normalized spacial score (nSPS) is 10.5. The van der Waals surface area contributed by atoms with Gasteiger partial charge in [0.25, 0.3) is 0 Å². The fourth-order valence-corrected chi connectivity index (χ4v) is 3.29. The van der Waals surface area contributed by atoms with Crippen molar-refractivity contribution in [3.8, 4) is 11.8 Å². The number of anilines is 1. The number of nitriles is 1. The molecule has 1 amide bonds. The monoisotopic (exact) mass is 366 g/mol. The third-order valence-electron chi connectivity index (χ3n) is 4.01. The highest BCUT2D eigenvalue weighted by atomic mass is 32.2. The van der Waals surface area contributed by atoms with Gasteiger partial charge in [0.15, 0.2) is 0 Å². The van der Waals surface area contributed by atoms with Crippen LogP contribution in [0.15, 0.2) is 35.5 Å². The molecule has 0 bridgehead atoms. The molecule has 1 aromatic carbocycles. The molecule has 0 radical (unpaired) electrons. The number of H-pyrrole nitrogens is 1. The molecule has 132 valence electrons. The molecule has 8 heteroatoms. The number of aromatic amines is 1. The van der Waals surface area contributed by atoms with Gasteiger partial charge in [-0.25, -0.2) is 4.98 Å². The average molecular weight is 366 g/mol. The maximum Gasteiger partial charge on any atom is 0.236 e. The minimum absolute atomic E-state index is 0.153. The molecule has 3 aromatic rings. The van der Waals surface area contributed by atoms with Crippen LogP contribution in [0, 0.1) is 32.1 Å². The second-order valence-electron chi connectivity index (χ2n) is 5.76. The SMILES string of the molecule is Cc1nc(SCC(=O)Nc2c(C#N)c(C)c(C)n2-c2ccccc2)n[nH]1. The van der Waals surface area contributed by atoms with E-state index in [-0.39, 0.29) is 11.7 Å². The van der Waals surface area contributed by atoms with Gasteiger partial charge in [-0.2, -0.15) is 5.26 Å². The maximum atomic E-state index is 12.4. The molecule has 0 aliphatic rings. The Balaban J connectivity index is 1.88. The van der Waals surface area contributed by atoms with E-state index in [1.165, 1.54) is 11.8 Å². The van der Waals surface area contributed by atoms with Gasteiger partial charge >= 0.3 is 0 Å². The first-order valence-corrected chi connectivity index (χ1v) is 8.99. The lowest BCUT2D eigenvalue weighted by Crippen LogP contribution is -2.17. The topological polar surface area (TPSA) is 99.4 Å². The summed E-state index contributed by atoms with van der Waals surface area (Å²) in [6.07, 6.45) is 0. The van der Waals surface area contributed by atoms with Crippen LogP contribution in [0.5, 0.6) is 0 Å². The Hall–Kier alpha value is -3.05. The van der Waals surface area contributed by atoms with Crippen molar-refractivity contribution in [2.75, 3.05) is 11.1 Å². The van der Waals surface area contributed by atoms with E-state index in [0.717, 1.165) is 16.9 Å². The quantitative estimate of drug-likeness (QED) is 0.676. The van der Waals surface area contributed by atoms with Gasteiger partial charge in [-0.1, -0.05) is 30.0 Å². The lowest BCUT2D eigenvalue weighted by molar-refractivity contribution is -0.113. The second kappa shape index (κ2) is 7.45. The van der Waals surface area contributed by atoms with Crippen molar-refractivity contribution in [3.05, 3.63) is 53.0 Å². The van der Waals surface area contributed by atoms with E-state index in [0.29, 0.717) is 22.4 Å². The zero-order chi connectivity index (χ0) is 18.7. The van der Waals surface area contributed by atoms with Crippen molar-refractivity contribution >= 4 is 23.5 Å². The fraction of sp³-hybridized carbons (Fsp3) is 0.222. The Morgan fingerprint density at radius 1 is 1.31 bits per heavy atom. The highest BCUT2D eigenvalue weighted by molar-refractivity contribution is 7.99. The van der Waals surface area contributed by atoms with Crippen LogP contribution in [0.3, 0.4) is 0 Å². The summed E-state index contributed by atoms with van der Waals surface area (Å²) < 4.78 is 1.90. The number of nitrogens with one attached hydrogen (secondary N) is 2. The van der Waals surface area contributed by atoms with E-state index < -0.39 is 0 Å². The zero-order valence-corrected chi connectivity index (χ0v) is 15.5. The highest BCUT2D eigenvalue weighted by Crippen LogP contribution is 2.30. The number of benzene rings is 1. The molecule has 2 N–H and O–H groups in total. The van der Waals surface area contributed by atoms with Crippen LogP contribution >= 0.6 is 11.8 Å². The number of para-hydroxylation sites is 1. The van der Waals surface area contributed by atoms with E-state index >= 15 is 0 Å². The number of thioether (sulfide) groups is 1. The molecule has 0 aliphatic heterocycles. The third-order valence-corrected chi connectivity index (χ3v) is 4.85. The summed E-state index contributed by atoms with van der Waals surface area (Å²) in [7, 11) is 0. The molecular formula is C18H18N6OS. The number of amides is 1. The number of hydrogen-bond acceptors (Lipinski definition) is 5. The van der Waals surface area contributed by atoms with Crippen molar-refractivity contribution < 1.29 is 4.79 Å². The summed E-state index contributed by atoms with van der Waals surface area (Å²) in [4.78, 5) is 16.6. The first-order valence-electron chi connectivity index (χ1n) is 8.00. The van der Waals surface area contributed by atoms with Gasteiger partial charge in [-0.3, -0.25) is 14.5 Å². The third kappa shape index (κ3) is 3.48. The Labute approximate surface area is 155 Å². The van der Waals surface area contributed by atoms with E-state index in [1.54, 1.807) is 6.92 Å². The summed E-state index contributed by atoms with van der Waals surface area (Å²) in [5.74, 6) is 1.12. The molecule has 2 heterocycles. The predicted molar refractivity (Wildman–Crippen MR) is 100 cm³/mol. The van der Waals surface area contributed by atoms with Crippen LogP contribution in [0.1, 0.15) is 22.6 Å². The number of aryl methyl sites for hydroxylation is 1. The van der Waals surface area contributed by atoms with Gasteiger partial charge in [0.2, 0.25) is 11.1 Å². The molecule has 0 saturated heterocycles. The molecule has 0 saturated carbocycles. The van der Waals surface area contributed by atoms with Crippen LogP contribution in [0.25, 0.3) is 5.69 Å². The van der Waals surface area contributed by atoms with Crippen molar-refractivity contribution in [2.45, 2.75) is 25.9 Å². The Bertz CT molecular complexity index is 983. The van der Waals surface area contributed by atoms with E-state index in [1.807, 2.05) is 48.7 Å². The molecule has 0 spiro atoms. The molecule has 0 aliphatic carbocycles. The van der Waals surface area contributed by atoms with Crippen molar-refractivity contribution in [1.82, 2.24) is 19.7 Å². The van der Waals surface area contributed by atoms with Gasteiger partial charge in [0.1, 0.15) is 17.7 Å². The molecule has 0 fully saturated rings. The largest absolute Gasteiger partial charge is 0.310 e. The van der Waals surface area contributed by atoms with Gasteiger partial charge in [-0.05, 0) is 38.5 Å². The van der Waals surface area contributed by atoms with Crippen molar-refractivity contribution in [2.24, 2.45) is 0 Å². The fourth-order valence-electron chi connectivity index (χ4n) is 2.65. The number of carbonyl (C=O) groups is 1. The predicted octanol–water partition coefficient (Wildman–Crippen LogP) is 3.12. The summed E-state index contributed by atoms with van der Waals surface area (Å²) in [6.45, 7) is 5.62. The second-order valence-corrected chi connectivity index (χ2v) is 6.70. The van der Waals surface area contributed by atoms with Gasteiger partial charge in [0, 0.05) is 11.4 Å². The number of nitrogens with zero attached hydrogens (tertiary/aromatic N) is 4. The minimum Gasteiger partial charge on any atom is -0.310 e. The lowest BCUT2D eigenvalue weighted by Gasteiger charge is -2.12. The summed E-state index contributed by atoms with van der Waals surface area (Å²) in [5.41, 5.74) is 3.13. The summed E-state index contributed by atoms with van der Waals surface area (Å²) in [6, 6.07) is 11.8. The van der Waals surface area contributed by atoms with E-state index in [9.17, 15) is 10.1 Å². The Kier molecular flexibility index (Phi) is 5.09. The van der Waals surface area contributed by atoms with Crippen LogP contribution < -0.4 is 5.32 Å². The maximum absolute atomic E-state index is 12.4. The van der Waals surface area contributed by atoms with Crippen molar-refractivity contribution in [1.29, 1.82) is 5.26 Å². The van der Waals surface area contributed by atoms with Crippen LogP contribution in [0.4, 0.5) is 5.82 Å². The first kappa shape index (κ1) is 17.8. The molecule has 0 atom stereocenters. The molecule has 7 nitrogen and oxygen atoms in total. The summed E-state index contributed by atoms with van der Waals surface area (Å²) >= 11 is 1.24. The van der Waals surface area contributed by atoms with Crippen LogP contribution in [-0.4, -0.2) is 31.4 Å². The molecular weight excluding hydrogens is 348 g/mol. The van der Waals surface area contributed by atoms with E-state index in [2.05, 4.69) is 26.6 Å². The average Bonchev–Trinajstić information content (AvgIpc) is 3.15.